The maximum atomic E-state index is 13.5. The number of rotatable bonds is 4. The Morgan fingerprint density at radius 3 is 2.28 bits per heavy atom. The van der Waals surface area contributed by atoms with Crippen molar-refractivity contribution in [3.63, 3.8) is 0 Å². The van der Waals surface area contributed by atoms with Crippen molar-refractivity contribution in [2.45, 2.75) is 6.10 Å². The van der Waals surface area contributed by atoms with Crippen LogP contribution in [0.15, 0.2) is 54.6 Å². The SMILES string of the molecule is NC(=O)C(Oc1ccccc1F)c1ccccc1. The highest BCUT2D eigenvalue weighted by Crippen LogP contribution is 2.24. The summed E-state index contributed by atoms with van der Waals surface area (Å²) in [4.78, 5) is 11.4. The van der Waals surface area contributed by atoms with E-state index in [-0.39, 0.29) is 5.75 Å². The molecule has 18 heavy (non-hydrogen) atoms. The molecule has 0 aliphatic carbocycles. The van der Waals surface area contributed by atoms with E-state index < -0.39 is 17.8 Å². The Morgan fingerprint density at radius 2 is 1.67 bits per heavy atom. The number of primary amides is 1. The average Bonchev–Trinajstić information content (AvgIpc) is 2.38. The second-order valence-electron chi connectivity index (χ2n) is 3.74. The van der Waals surface area contributed by atoms with Gasteiger partial charge >= 0.3 is 0 Å². The van der Waals surface area contributed by atoms with E-state index in [0.29, 0.717) is 5.56 Å². The summed E-state index contributed by atoms with van der Waals surface area (Å²) >= 11 is 0. The van der Waals surface area contributed by atoms with Gasteiger partial charge in [0, 0.05) is 5.56 Å². The molecule has 0 spiro atoms. The lowest BCUT2D eigenvalue weighted by Gasteiger charge is -2.16. The number of ether oxygens (including phenoxy) is 1. The minimum absolute atomic E-state index is 0.00477. The molecule has 0 bridgehead atoms. The molecule has 2 aromatic rings. The number of carbonyl (C=O) groups is 1. The highest BCUT2D eigenvalue weighted by molar-refractivity contribution is 5.80. The molecule has 0 aliphatic rings. The molecule has 2 aromatic carbocycles. The third-order valence-corrected chi connectivity index (χ3v) is 2.44. The molecule has 0 radical (unpaired) electrons. The number of halogens is 1. The topological polar surface area (TPSA) is 52.3 Å². The van der Waals surface area contributed by atoms with Crippen LogP contribution in [0.5, 0.6) is 5.75 Å². The van der Waals surface area contributed by atoms with Crippen LogP contribution < -0.4 is 10.5 Å². The predicted octanol–water partition coefficient (Wildman–Crippen LogP) is 2.43. The molecule has 0 aromatic heterocycles. The largest absolute Gasteiger partial charge is 0.473 e. The molecule has 0 aliphatic heterocycles. The van der Waals surface area contributed by atoms with E-state index in [4.69, 9.17) is 10.5 Å². The van der Waals surface area contributed by atoms with E-state index in [1.807, 2.05) is 6.07 Å². The summed E-state index contributed by atoms with van der Waals surface area (Å²) in [6.07, 6.45) is -0.997. The van der Waals surface area contributed by atoms with Gasteiger partial charge in [-0.25, -0.2) is 4.39 Å². The zero-order valence-electron chi connectivity index (χ0n) is 9.55. The van der Waals surface area contributed by atoms with E-state index in [1.165, 1.54) is 12.1 Å². The summed E-state index contributed by atoms with van der Waals surface area (Å²) in [5.41, 5.74) is 5.87. The summed E-state index contributed by atoms with van der Waals surface area (Å²) in [7, 11) is 0. The molecule has 2 rings (SSSR count). The van der Waals surface area contributed by atoms with Crippen molar-refractivity contribution < 1.29 is 13.9 Å². The third-order valence-electron chi connectivity index (χ3n) is 2.44. The minimum atomic E-state index is -0.997. The van der Waals surface area contributed by atoms with Crippen molar-refractivity contribution >= 4 is 5.91 Å². The smallest absolute Gasteiger partial charge is 0.263 e. The van der Waals surface area contributed by atoms with Crippen LogP contribution in [0.4, 0.5) is 4.39 Å². The summed E-state index contributed by atoms with van der Waals surface area (Å²) in [6.45, 7) is 0. The molecule has 4 heteroatoms. The van der Waals surface area contributed by atoms with Gasteiger partial charge in [-0.05, 0) is 12.1 Å². The van der Waals surface area contributed by atoms with Gasteiger partial charge in [0.2, 0.25) is 6.10 Å². The van der Waals surface area contributed by atoms with E-state index in [1.54, 1.807) is 36.4 Å². The quantitative estimate of drug-likeness (QED) is 0.899. The fourth-order valence-electron chi connectivity index (χ4n) is 1.59. The van der Waals surface area contributed by atoms with Crippen molar-refractivity contribution in [2.75, 3.05) is 0 Å². The van der Waals surface area contributed by atoms with Crippen LogP contribution in [0.1, 0.15) is 11.7 Å². The Labute approximate surface area is 104 Å². The summed E-state index contributed by atoms with van der Waals surface area (Å²) in [6, 6.07) is 14.6. The number of carbonyl (C=O) groups excluding carboxylic acids is 1. The molecule has 1 amide bonds. The van der Waals surface area contributed by atoms with Crippen LogP contribution in [0.25, 0.3) is 0 Å². The van der Waals surface area contributed by atoms with Crippen molar-refractivity contribution in [1.82, 2.24) is 0 Å². The zero-order chi connectivity index (χ0) is 13.0. The zero-order valence-corrected chi connectivity index (χ0v) is 9.55. The standard InChI is InChI=1S/C14H12FNO2/c15-11-8-4-5-9-12(11)18-13(14(16)17)10-6-2-1-3-7-10/h1-9,13H,(H2,16,17). The lowest BCUT2D eigenvalue weighted by atomic mass is 10.1. The molecule has 0 heterocycles. The third kappa shape index (κ3) is 2.66. The van der Waals surface area contributed by atoms with Gasteiger partial charge in [0.05, 0.1) is 0 Å². The van der Waals surface area contributed by atoms with Gasteiger partial charge in [-0.3, -0.25) is 4.79 Å². The highest BCUT2D eigenvalue weighted by atomic mass is 19.1. The fraction of sp³-hybridized carbons (Fsp3) is 0.0714. The van der Waals surface area contributed by atoms with Crippen molar-refractivity contribution in [3.8, 4) is 5.75 Å². The molecule has 0 saturated heterocycles. The second-order valence-corrected chi connectivity index (χ2v) is 3.74. The molecule has 3 nitrogen and oxygen atoms in total. The number of hydrogen-bond donors (Lipinski definition) is 1. The van der Waals surface area contributed by atoms with Gasteiger partial charge in [-0.2, -0.15) is 0 Å². The van der Waals surface area contributed by atoms with E-state index >= 15 is 0 Å². The first-order valence-corrected chi connectivity index (χ1v) is 5.44. The summed E-state index contributed by atoms with van der Waals surface area (Å²) in [5.74, 6) is -1.19. The van der Waals surface area contributed by atoms with Gasteiger partial charge < -0.3 is 10.5 Å². The van der Waals surface area contributed by atoms with Crippen molar-refractivity contribution in [3.05, 3.63) is 66.0 Å². The molecular formula is C14H12FNO2. The summed E-state index contributed by atoms with van der Waals surface area (Å²) in [5, 5.41) is 0. The Kier molecular flexibility index (Phi) is 3.57. The van der Waals surface area contributed by atoms with E-state index in [0.717, 1.165) is 0 Å². The lowest BCUT2D eigenvalue weighted by Crippen LogP contribution is -2.26. The van der Waals surface area contributed by atoms with Gasteiger partial charge in [-0.15, -0.1) is 0 Å². The Morgan fingerprint density at radius 1 is 1.06 bits per heavy atom. The number of para-hydroxylation sites is 1. The monoisotopic (exact) mass is 245 g/mol. The van der Waals surface area contributed by atoms with Gasteiger partial charge in [0.25, 0.3) is 5.91 Å². The molecule has 2 N–H and O–H groups in total. The van der Waals surface area contributed by atoms with Gasteiger partial charge in [0.15, 0.2) is 11.6 Å². The molecular weight excluding hydrogens is 233 g/mol. The Balaban J connectivity index is 2.28. The van der Waals surface area contributed by atoms with E-state index in [2.05, 4.69) is 0 Å². The number of benzene rings is 2. The Hall–Kier alpha value is -2.36. The van der Waals surface area contributed by atoms with Crippen LogP contribution in [0, 0.1) is 5.82 Å². The molecule has 0 saturated carbocycles. The average molecular weight is 245 g/mol. The second kappa shape index (κ2) is 5.31. The van der Waals surface area contributed by atoms with Crippen LogP contribution in [0.3, 0.4) is 0 Å². The highest BCUT2D eigenvalue weighted by Gasteiger charge is 2.20. The van der Waals surface area contributed by atoms with E-state index in [9.17, 15) is 9.18 Å². The van der Waals surface area contributed by atoms with Crippen LogP contribution in [-0.4, -0.2) is 5.91 Å². The van der Waals surface area contributed by atoms with Crippen molar-refractivity contribution in [2.24, 2.45) is 5.73 Å². The fourth-order valence-corrected chi connectivity index (χ4v) is 1.59. The molecule has 1 atom stereocenters. The first-order valence-electron chi connectivity index (χ1n) is 5.44. The molecule has 0 fully saturated rings. The number of hydrogen-bond acceptors (Lipinski definition) is 2. The van der Waals surface area contributed by atoms with Gasteiger partial charge in [0.1, 0.15) is 0 Å². The van der Waals surface area contributed by atoms with Crippen molar-refractivity contribution in [1.29, 1.82) is 0 Å². The number of amides is 1. The minimum Gasteiger partial charge on any atom is -0.473 e. The summed E-state index contributed by atoms with van der Waals surface area (Å²) < 4.78 is 18.8. The maximum absolute atomic E-state index is 13.5. The van der Waals surface area contributed by atoms with Gasteiger partial charge in [-0.1, -0.05) is 42.5 Å². The van der Waals surface area contributed by atoms with Crippen LogP contribution in [0.2, 0.25) is 0 Å². The normalized spacial score (nSPS) is 11.8. The first-order chi connectivity index (χ1) is 8.68. The van der Waals surface area contributed by atoms with Crippen LogP contribution in [-0.2, 0) is 4.79 Å². The maximum Gasteiger partial charge on any atom is 0.263 e. The lowest BCUT2D eigenvalue weighted by molar-refractivity contribution is -0.125. The molecule has 92 valence electrons. The predicted molar refractivity (Wildman–Crippen MR) is 65.4 cm³/mol. The first kappa shape index (κ1) is 12.1. The van der Waals surface area contributed by atoms with Crippen LogP contribution >= 0.6 is 0 Å². The Bertz CT molecular complexity index is 543. The molecule has 1 unspecified atom stereocenters. The number of nitrogens with two attached hydrogens (primary N) is 1.